The summed E-state index contributed by atoms with van der Waals surface area (Å²) in [6, 6.07) is 4.02. The molecule has 276 valence electrons. The van der Waals surface area contributed by atoms with Gasteiger partial charge in [0.25, 0.3) is 0 Å². The molecule has 3 heterocycles. The third kappa shape index (κ3) is 5.72. The fraction of sp³-hybridized carbons (Fsp3) is 0.791. The average Bonchev–Trinajstić information content (AvgIpc) is 3.46. The van der Waals surface area contributed by atoms with Gasteiger partial charge >= 0.3 is 0 Å². The monoisotopic (exact) mass is 702 g/mol. The molecule has 4 saturated carbocycles. The number of anilines is 1. The summed E-state index contributed by atoms with van der Waals surface area (Å²) in [4.78, 5) is 13.5. The maximum absolute atomic E-state index is 12.3. The van der Waals surface area contributed by atoms with Gasteiger partial charge in [-0.1, -0.05) is 39.0 Å². The van der Waals surface area contributed by atoms with Gasteiger partial charge in [-0.05, 0) is 171 Å². The number of pyridine rings is 1. The molecule has 0 aromatic carbocycles. The van der Waals surface area contributed by atoms with Crippen LogP contribution in [0, 0.1) is 57.8 Å². The summed E-state index contributed by atoms with van der Waals surface area (Å²) in [7, 11) is -1.82. The molecule has 6 aliphatic rings. The molecular formula is C43H67N5OS. The van der Waals surface area contributed by atoms with E-state index >= 15 is 0 Å². The van der Waals surface area contributed by atoms with Gasteiger partial charge in [0.1, 0.15) is 5.82 Å². The fourth-order valence-corrected chi connectivity index (χ4v) is 15.5. The Hall–Kier alpha value is -1.88. The Morgan fingerprint density at radius 2 is 1.74 bits per heavy atom. The predicted octanol–water partition coefficient (Wildman–Crippen LogP) is 8.47. The first kappa shape index (κ1) is 36.5. The Morgan fingerprint density at radius 1 is 0.980 bits per heavy atom. The maximum Gasteiger partial charge on any atom is 0.205 e. The third-order valence-corrected chi connectivity index (χ3v) is 18.8. The van der Waals surface area contributed by atoms with E-state index in [1.807, 2.05) is 6.07 Å². The van der Waals surface area contributed by atoms with Crippen molar-refractivity contribution in [2.24, 2.45) is 51.2 Å². The molecule has 2 saturated heterocycles. The molecular weight excluding hydrogens is 635 g/mol. The standard InChI is InChI=1S/C43H67N5OS/c1-31(2)33-15-18-43(30-45-22-10-23-47-25-27-50(9,49)28-26-47)20-19-41(6)34(38(33)43)12-13-36-40(5)21-24-48(37-14-11-32(44-8)29-46-37)39(3,4)35(40)16-17-42(36,41)7/h11,14,29,33-36,38,45H,1,9-10,12-13,15-28,30H2,2-7H3/t33-,34+,35-,36+,38+,40-,41+,42+,43+/m0/s1. The first-order chi connectivity index (χ1) is 23.6. The van der Waals surface area contributed by atoms with Crippen LogP contribution in [0.3, 0.4) is 0 Å². The lowest BCUT2D eigenvalue weighted by molar-refractivity contribution is -0.227. The highest BCUT2D eigenvalue weighted by atomic mass is 32.2. The minimum Gasteiger partial charge on any atom is -0.351 e. The highest BCUT2D eigenvalue weighted by Crippen LogP contribution is 2.76. The summed E-state index contributed by atoms with van der Waals surface area (Å²) in [5, 5.41) is 4.03. The molecule has 1 aromatic rings. The summed E-state index contributed by atoms with van der Waals surface area (Å²) in [5.74, 6) is 10.1. The van der Waals surface area contributed by atoms with Gasteiger partial charge in [-0.3, -0.25) is 9.19 Å². The zero-order valence-corrected chi connectivity index (χ0v) is 33.2. The van der Waals surface area contributed by atoms with Gasteiger partial charge in [-0.25, -0.2) is 4.85 Å². The molecule has 0 spiro atoms. The van der Waals surface area contributed by atoms with E-state index in [0.717, 1.165) is 74.3 Å². The van der Waals surface area contributed by atoms with Gasteiger partial charge in [-0.15, -0.1) is 0 Å². The van der Waals surface area contributed by atoms with Crippen molar-refractivity contribution in [2.45, 2.75) is 111 Å². The second kappa shape index (κ2) is 12.9. The smallest absolute Gasteiger partial charge is 0.205 e. The lowest BCUT2D eigenvalue weighted by atomic mass is 9.33. The largest absolute Gasteiger partial charge is 0.351 e. The Morgan fingerprint density at radius 3 is 2.42 bits per heavy atom. The number of hydrogen-bond acceptors (Lipinski definition) is 5. The van der Waals surface area contributed by atoms with Crippen LogP contribution in [0.2, 0.25) is 0 Å². The summed E-state index contributed by atoms with van der Waals surface area (Å²) < 4.78 is 12.3. The summed E-state index contributed by atoms with van der Waals surface area (Å²) >= 11 is 0. The molecule has 6 nitrogen and oxygen atoms in total. The lowest BCUT2D eigenvalue weighted by Crippen LogP contribution is -2.70. The fourth-order valence-electron chi connectivity index (χ4n) is 14.1. The average molecular weight is 702 g/mol. The molecule has 4 aliphatic carbocycles. The highest BCUT2D eigenvalue weighted by Gasteiger charge is 2.70. The maximum atomic E-state index is 12.3. The number of hydrogen-bond donors (Lipinski definition) is 1. The van der Waals surface area contributed by atoms with Crippen molar-refractivity contribution in [1.29, 1.82) is 0 Å². The van der Waals surface area contributed by atoms with Crippen LogP contribution in [0.4, 0.5) is 11.5 Å². The van der Waals surface area contributed by atoms with Gasteiger partial charge in [-0.2, -0.15) is 0 Å². The van der Waals surface area contributed by atoms with Crippen LogP contribution in [0.1, 0.15) is 106 Å². The van der Waals surface area contributed by atoms with Crippen molar-refractivity contribution in [3.63, 3.8) is 0 Å². The van der Waals surface area contributed by atoms with Crippen molar-refractivity contribution in [3.8, 4) is 0 Å². The second-order valence-corrected chi connectivity index (χ2v) is 22.1. The molecule has 0 radical (unpaired) electrons. The first-order valence-corrected chi connectivity index (χ1v) is 22.2. The summed E-state index contributed by atoms with van der Waals surface area (Å²) in [5.41, 5.74) is 3.49. The van der Waals surface area contributed by atoms with Gasteiger partial charge < -0.3 is 15.1 Å². The highest BCUT2D eigenvalue weighted by molar-refractivity contribution is 8.00. The topological polar surface area (TPSA) is 52.8 Å². The van der Waals surface area contributed by atoms with Gasteiger partial charge in [0.2, 0.25) is 5.69 Å². The SMILES string of the molecule is [C-]#[N+]c1ccc(N2CC[C@]3(C)[C@H]4CC[C@@H]5[C@H]6[C@H](C(=C)C)CC[C@]6(CNCCCN6CCS(=C)(=O)CC6)CC[C@@]5(C)[C@]4(C)CC[C@H]3C2(C)C)nc1. The van der Waals surface area contributed by atoms with E-state index in [2.05, 4.69) is 80.0 Å². The quantitative estimate of drug-likeness (QED) is 0.128. The second-order valence-electron chi connectivity index (χ2n) is 19.3. The number of nitrogens with zero attached hydrogens (tertiary/aromatic N) is 4. The van der Waals surface area contributed by atoms with Crippen LogP contribution < -0.4 is 10.2 Å². The van der Waals surface area contributed by atoms with Crippen molar-refractivity contribution in [2.75, 3.05) is 55.7 Å². The van der Waals surface area contributed by atoms with Crippen molar-refractivity contribution < 1.29 is 4.21 Å². The minimum atomic E-state index is -1.82. The van der Waals surface area contributed by atoms with E-state index in [4.69, 9.17) is 11.6 Å². The Balaban J connectivity index is 1.08. The Bertz CT molecular complexity index is 1580. The van der Waals surface area contributed by atoms with E-state index in [1.54, 1.807) is 6.20 Å². The first-order valence-electron chi connectivity index (χ1n) is 20.1. The molecule has 2 aliphatic heterocycles. The number of nitrogens with one attached hydrogen (secondary N) is 1. The van der Waals surface area contributed by atoms with Crippen LogP contribution in [-0.4, -0.2) is 76.3 Å². The molecule has 0 unspecified atom stereocenters. The molecule has 1 N–H and O–H groups in total. The van der Waals surface area contributed by atoms with Gasteiger partial charge in [0.15, 0.2) is 0 Å². The van der Waals surface area contributed by atoms with E-state index in [-0.39, 0.29) is 5.54 Å². The Kier molecular flexibility index (Phi) is 9.42. The van der Waals surface area contributed by atoms with Crippen molar-refractivity contribution in [3.05, 3.63) is 41.9 Å². The molecule has 7 rings (SSSR count). The Labute approximate surface area is 305 Å². The number of aromatic nitrogens is 1. The van der Waals surface area contributed by atoms with Gasteiger partial charge in [0, 0.05) is 49.4 Å². The lowest BCUT2D eigenvalue weighted by Gasteiger charge is -2.73. The number of allylic oxidation sites excluding steroid dienone is 1. The van der Waals surface area contributed by atoms with Crippen molar-refractivity contribution >= 4 is 26.9 Å². The molecule has 7 heteroatoms. The molecule has 9 atom stereocenters. The summed E-state index contributed by atoms with van der Waals surface area (Å²) in [6.45, 7) is 33.8. The molecule has 6 fully saturated rings. The van der Waals surface area contributed by atoms with Gasteiger partial charge in [0.05, 0.1) is 6.57 Å². The number of piperidine rings is 1. The molecule has 1 aromatic heterocycles. The van der Waals surface area contributed by atoms with Crippen molar-refractivity contribution in [1.82, 2.24) is 15.2 Å². The van der Waals surface area contributed by atoms with E-state index in [1.165, 1.54) is 69.8 Å². The van der Waals surface area contributed by atoms with Crippen LogP contribution >= 0.6 is 0 Å². The normalized spacial score (nSPS) is 42.0. The van der Waals surface area contributed by atoms with E-state index in [0.29, 0.717) is 39.2 Å². The molecule has 0 bridgehead atoms. The van der Waals surface area contributed by atoms with E-state index < -0.39 is 9.52 Å². The van der Waals surface area contributed by atoms with E-state index in [9.17, 15) is 4.21 Å². The number of fused-ring (bicyclic) bond motifs is 7. The third-order valence-electron chi connectivity index (χ3n) is 16.9. The molecule has 50 heavy (non-hydrogen) atoms. The van der Waals surface area contributed by atoms with Crippen LogP contribution in [0.5, 0.6) is 0 Å². The number of rotatable bonds is 8. The van der Waals surface area contributed by atoms with Crippen LogP contribution in [0.25, 0.3) is 4.85 Å². The summed E-state index contributed by atoms with van der Waals surface area (Å²) in [6.07, 6.45) is 14.9. The predicted molar refractivity (Wildman–Crippen MR) is 211 cm³/mol. The minimum absolute atomic E-state index is 0.0193. The van der Waals surface area contributed by atoms with Crippen LogP contribution in [0.15, 0.2) is 30.5 Å². The zero-order valence-electron chi connectivity index (χ0n) is 32.4. The zero-order chi connectivity index (χ0) is 35.7. The van der Waals surface area contributed by atoms with Crippen LogP contribution in [-0.2, 0) is 9.52 Å². The molecule has 0 amide bonds.